The fourth-order valence-corrected chi connectivity index (χ4v) is 5.65. The van der Waals surface area contributed by atoms with Gasteiger partial charge in [-0.1, -0.05) is 17.7 Å². The lowest BCUT2D eigenvalue weighted by atomic mass is 10.1. The Morgan fingerprint density at radius 1 is 1.11 bits per heavy atom. The highest BCUT2D eigenvalue weighted by molar-refractivity contribution is 7.88. The molecule has 14 heteroatoms. The van der Waals surface area contributed by atoms with E-state index in [0.717, 1.165) is 12.3 Å². The van der Waals surface area contributed by atoms with E-state index in [1.165, 1.54) is 21.0 Å². The van der Waals surface area contributed by atoms with Crippen LogP contribution in [0.5, 0.6) is 0 Å². The summed E-state index contributed by atoms with van der Waals surface area (Å²) in [5.41, 5.74) is 1.04. The molecule has 5 rings (SSSR count). The summed E-state index contributed by atoms with van der Waals surface area (Å²) in [6, 6.07) is 8.66. The SMILES string of the molecule is CS(=O)(=O)N1CCC(n2c(=O)n(Cc3ccc(-c4nnc(C(F)F)o4)cc3F)c3ccc(Cl)cc32)CC1. The number of sulfonamides is 1. The second-order valence-corrected chi connectivity index (χ2v) is 11.2. The monoisotopic (exact) mass is 555 g/mol. The van der Waals surface area contributed by atoms with E-state index in [1.807, 2.05) is 0 Å². The van der Waals surface area contributed by atoms with E-state index in [-0.39, 0.29) is 48.4 Å². The summed E-state index contributed by atoms with van der Waals surface area (Å²) >= 11 is 6.22. The number of hydrogen-bond acceptors (Lipinski definition) is 6. The molecule has 1 aliphatic rings. The second-order valence-electron chi connectivity index (χ2n) is 8.82. The predicted octanol–water partition coefficient (Wildman–Crippen LogP) is 4.23. The maximum Gasteiger partial charge on any atom is 0.329 e. The molecule has 1 fully saturated rings. The largest absolute Gasteiger partial charge is 0.415 e. The Kier molecular flexibility index (Phi) is 6.62. The maximum absolute atomic E-state index is 15.1. The molecule has 2 aromatic heterocycles. The Bertz CT molecular complexity index is 1640. The smallest absolute Gasteiger partial charge is 0.329 e. The molecule has 3 heterocycles. The molecule has 4 aromatic rings. The second kappa shape index (κ2) is 9.62. The summed E-state index contributed by atoms with van der Waals surface area (Å²) in [4.78, 5) is 13.6. The van der Waals surface area contributed by atoms with Gasteiger partial charge in [0.1, 0.15) is 5.82 Å². The zero-order valence-electron chi connectivity index (χ0n) is 19.4. The van der Waals surface area contributed by atoms with Crippen LogP contribution in [0.4, 0.5) is 13.2 Å². The van der Waals surface area contributed by atoms with Crippen LogP contribution >= 0.6 is 11.6 Å². The molecule has 0 spiro atoms. The fraction of sp³-hybridized carbons (Fsp3) is 0.348. The topological polar surface area (TPSA) is 103 Å². The normalized spacial score (nSPS) is 15.7. The number of halogens is 4. The maximum atomic E-state index is 15.1. The van der Waals surface area contributed by atoms with Crippen molar-refractivity contribution in [2.45, 2.75) is 31.9 Å². The molecular formula is C23H21ClF3N5O4S. The lowest BCUT2D eigenvalue weighted by molar-refractivity contribution is 0.116. The average Bonchev–Trinajstić information content (AvgIpc) is 3.43. The van der Waals surface area contributed by atoms with Gasteiger partial charge < -0.3 is 4.42 Å². The average molecular weight is 556 g/mol. The molecule has 0 atom stereocenters. The van der Waals surface area contributed by atoms with Gasteiger partial charge in [0.15, 0.2) is 0 Å². The van der Waals surface area contributed by atoms with Crippen LogP contribution in [0.2, 0.25) is 5.02 Å². The van der Waals surface area contributed by atoms with Crippen molar-refractivity contribution in [2.75, 3.05) is 19.3 Å². The van der Waals surface area contributed by atoms with Gasteiger partial charge in [-0.05, 0) is 43.2 Å². The summed E-state index contributed by atoms with van der Waals surface area (Å²) in [5, 5.41) is 7.19. The van der Waals surface area contributed by atoms with Crippen LogP contribution in [0.15, 0.2) is 45.6 Å². The highest BCUT2D eigenvalue weighted by Crippen LogP contribution is 2.29. The number of alkyl halides is 2. The van der Waals surface area contributed by atoms with Gasteiger partial charge in [0, 0.05) is 35.3 Å². The highest BCUT2D eigenvalue weighted by atomic mass is 35.5. The molecule has 0 N–H and O–H groups in total. The fourth-order valence-electron chi connectivity index (χ4n) is 4.61. The lowest BCUT2D eigenvalue weighted by Crippen LogP contribution is -2.40. The third kappa shape index (κ3) is 4.90. The van der Waals surface area contributed by atoms with E-state index in [2.05, 4.69) is 10.2 Å². The van der Waals surface area contributed by atoms with Crippen molar-refractivity contribution in [3.8, 4) is 11.5 Å². The zero-order valence-corrected chi connectivity index (χ0v) is 21.0. The van der Waals surface area contributed by atoms with Crippen molar-refractivity contribution in [3.05, 3.63) is 69.2 Å². The molecule has 0 bridgehead atoms. The Morgan fingerprint density at radius 3 is 2.46 bits per heavy atom. The Balaban J connectivity index is 1.49. The van der Waals surface area contributed by atoms with Crippen LogP contribution in [-0.2, 0) is 16.6 Å². The van der Waals surface area contributed by atoms with Gasteiger partial charge in [-0.3, -0.25) is 9.13 Å². The zero-order chi connectivity index (χ0) is 26.5. The first kappa shape index (κ1) is 25.5. The molecule has 1 aliphatic heterocycles. The van der Waals surface area contributed by atoms with Crippen molar-refractivity contribution in [3.63, 3.8) is 0 Å². The molecule has 2 aromatic carbocycles. The Hall–Kier alpha value is -3.16. The summed E-state index contributed by atoms with van der Waals surface area (Å²) in [6.45, 7) is 0.453. The molecule has 37 heavy (non-hydrogen) atoms. The first-order valence-corrected chi connectivity index (χ1v) is 13.5. The number of aromatic nitrogens is 4. The standard InChI is InChI=1S/C23H21ClF3N5O4S/c1-37(34,35)30-8-6-16(7-9-30)32-19-11-15(24)4-5-18(19)31(23(32)33)12-14-3-2-13(10-17(14)25)21-28-29-22(36-21)20(26)27/h2-5,10-11,16,20H,6-9,12H2,1H3. The summed E-state index contributed by atoms with van der Waals surface area (Å²) in [7, 11) is -3.33. The van der Waals surface area contributed by atoms with E-state index in [4.69, 9.17) is 16.0 Å². The minimum atomic E-state index is -3.33. The van der Waals surface area contributed by atoms with Crippen molar-refractivity contribution < 1.29 is 26.0 Å². The number of imidazole rings is 1. The number of benzene rings is 2. The minimum Gasteiger partial charge on any atom is -0.415 e. The Labute approximate surface area is 214 Å². The van der Waals surface area contributed by atoms with Crippen molar-refractivity contribution in [1.82, 2.24) is 23.6 Å². The van der Waals surface area contributed by atoms with Crippen LogP contribution in [0.25, 0.3) is 22.5 Å². The molecule has 0 radical (unpaired) electrons. The van der Waals surface area contributed by atoms with Crippen molar-refractivity contribution >= 4 is 32.7 Å². The van der Waals surface area contributed by atoms with Gasteiger partial charge in [0.25, 0.3) is 5.89 Å². The van der Waals surface area contributed by atoms with Crippen LogP contribution in [0.3, 0.4) is 0 Å². The predicted molar refractivity (Wildman–Crippen MR) is 130 cm³/mol. The molecule has 196 valence electrons. The van der Waals surface area contributed by atoms with Gasteiger partial charge in [-0.2, -0.15) is 8.78 Å². The number of piperidine rings is 1. The summed E-state index contributed by atoms with van der Waals surface area (Å²) in [6.07, 6.45) is -0.915. The molecular weight excluding hydrogens is 535 g/mol. The van der Waals surface area contributed by atoms with Crippen molar-refractivity contribution in [1.29, 1.82) is 0 Å². The molecule has 0 amide bonds. The number of fused-ring (bicyclic) bond motifs is 1. The Morgan fingerprint density at radius 2 is 1.84 bits per heavy atom. The first-order valence-electron chi connectivity index (χ1n) is 11.3. The van der Waals surface area contributed by atoms with Crippen LogP contribution in [0.1, 0.15) is 36.8 Å². The summed E-state index contributed by atoms with van der Waals surface area (Å²) < 4.78 is 73.6. The third-order valence-corrected chi connectivity index (χ3v) is 7.98. The lowest BCUT2D eigenvalue weighted by Gasteiger charge is -2.30. The minimum absolute atomic E-state index is 0.107. The quantitative estimate of drug-likeness (QED) is 0.353. The van der Waals surface area contributed by atoms with Gasteiger partial charge >= 0.3 is 12.1 Å². The molecule has 0 aliphatic carbocycles. The van der Waals surface area contributed by atoms with Crippen LogP contribution in [0, 0.1) is 5.82 Å². The summed E-state index contributed by atoms with van der Waals surface area (Å²) in [5.74, 6) is -1.79. The van der Waals surface area contributed by atoms with E-state index in [0.29, 0.717) is 28.9 Å². The third-order valence-electron chi connectivity index (χ3n) is 6.44. The van der Waals surface area contributed by atoms with Gasteiger partial charge in [-0.25, -0.2) is 21.9 Å². The highest BCUT2D eigenvalue weighted by Gasteiger charge is 2.29. The first-order chi connectivity index (χ1) is 17.5. The van der Waals surface area contributed by atoms with E-state index >= 15 is 4.39 Å². The van der Waals surface area contributed by atoms with Crippen LogP contribution in [-0.4, -0.2) is 51.4 Å². The van der Waals surface area contributed by atoms with Gasteiger partial charge in [0.05, 0.1) is 23.8 Å². The molecule has 1 saturated heterocycles. The van der Waals surface area contributed by atoms with E-state index in [9.17, 15) is 22.0 Å². The molecule has 0 saturated carbocycles. The van der Waals surface area contributed by atoms with Crippen molar-refractivity contribution in [2.24, 2.45) is 0 Å². The van der Waals surface area contributed by atoms with Crippen LogP contribution < -0.4 is 5.69 Å². The molecule has 0 unspecified atom stereocenters. The van der Waals surface area contributed by atoms with Gasteiger partial charge in [0.2, 0.25) is 15.9 Å². The van der Waals surface area contributed by atoms with Gasteiger partial charge in [-0.15, -0.1) is 10.2 Å². The number of rotatable bonds is 6. The molecule has 9 nitrogen and oxygen atoms in total. The van der Waals surface area contributed by atoms with E-state index in [1.54, 1.807) is 22.8 Å². The van der Waals surface area contributed by atoms with E-state index < -0.39 is 28.2 Å². The number of nitrogens with zero attached hydrogens (tertiary/aromatic N) is 5. The number of hydrogen-bond donors (Lipinski definition) is 0.